The van der Waals surface area contributed by atoms with Crippen LogP contribution in [-0.2, 0) is 4.79 Å². The highest BCUT2D eigenvalue weighted by Gasteiger charge is 2.19. The third-order valence-corrected chi connectivity index (χ3v) is 3.26. The molecule has 0 bridgehead atoms. The van der Waals surface area contributed by atoms with Gasteiger partial charge in [0.1, 0.15) is 0 Å². The molecule has 2 rings (SSSR count). The van der Waals surface area contributed by atoms with Gasteiger partial charge in [-0.25, -0.2) is 0 Å². The summed E-state index contributed by atoms with van der Waals surface area (Å²) in [4.78, 5) is 15.6. The Balaban J connectivity index is 1.85. The summed E-state index contributed by atoms with van der Waals surface area (Å²) in [7, 11) is 1.66. The number of carbonyl (C=O) groups excluding carboxylic acids is 1. The molecule has 7 heteroatoms. The minimum atomic E-state index is 0.0549. The lowest BCUT2D eigenvalue weighted by atomic mass is 10.3. The lowest BCUT2D eigenvalue weighted by Crippen LogP contribution is -2.49. The monoisotopic (exact) mass is 279 g/mol. The summed E-state index contributed by atoms with van der Waals surface area (Å²) in [6.45, 7) is 6.36. The zero-order chi connectivity index (χ0) is 14.4. The molecule has 20 heavy (non-hydrogen) atoms. The molecule has 1 amide bonds. The van der Waals surface area contributed by atoms with Crippen molar-refractivity contribution in [3.63, 3.8) is 0 Å². The number of anilines is 1. The van der Waals surface area contributed by atoms with Gasteiger partial charge in [-0.15, -0.1) is 10.2 Å². The second-order valence-electron chi connectivity index (χ2n) is 4.60. The van der Waals surface area contributed by atoms with Gasteiger partial charge in [0, 0.05) is 39.3 Å². The lowest BCUT2D eigenvalue weighted by molar-refractivity contribution is -0.121. The Morgan fingerprint density at radius 1 is 1.30 bits per heavy atom. The fraction of sp³-hybridized carbons (Fsp3) is 0.615. The Bertz CT molecular complexity index is 429. The Morgan fingerprint density at radius 2 is 2.05 bits per heavy atom. The zero-order valence-electron chi connectivity index (χ0n) is 12.0. The van der Waals surface area contributed by atoms with Crippen LogP contribution in [0.25, 0.3) is 0 Å². The van der Waals surface area contributed by atoms with Gasteiger partial charge in [0.15, 0.2) is 5.82 Å². The molecule has 0 unspecified atom stereocenters. The van der Waals surface area contributed by atoms with Crippen molar-refractivity contribution >= 4 is 11.7 Å². The summed E-state index contributed by atoms with van der Waals surface area (Å²) in [6, 6.07) is 3.76. The Hall–Kier alpha value is -1.89. The van der Waals surface area contributed by atoms with E-state index in [0.29, 0.717) is 19.0 Å². The SMILES string of the molecule is CCOc1ccc(N2CCN(CC(=O)NC)CC2)nn1. The predicted octanol–water partition coefficient (Wildman–Crippen LogP) is -0.257. The Morgan fingerprint density at radius 3 is 2.60 bits per heavy atom. The maximum atomic E-state index is 11.3. The minimum Gasteiger partial charge on any atom is -0.477 e. The number of aromatic nitrogens is 2. The number of likely N-dealkylation sites (N-methyl/N-ethyl adjacent to an activating group) is 1. The van der Waals surface area contributed by atoms with E-state index in [0.717, 1.165) is 32.0 Å². The maximum absolute atomic E-state index is 11.3. The smallest absolute Gasteiger partial charge is 0.233 e. The normalized spacial score (nSPS) is 16.0. The van der Waals surface area contributed by atoms with Crippen molar-refractivity contribution < 1.29 is 9.53 Å². The molecule has 1 aliphatic rings. The van der Waals surface area contributed by atoms with Gasteiger partial charge in [0.05, 0.1) is 13.2 Å². The quantitative estimate of drug-likeness (QED) is 0.801. The predicted molar refractivity (Wildman–Crippen MR) is 75.9 cm³/mol. The van der Waals surface area contributed by atoms with Crippen LogP contribution in [0.2, 0.25) is 0 Å². The maximum Gasteiger partial charge on any atom is 0.233 e. The van der Waals surface area contributed by atoms with Crippen LogP contribution in [0.1, 0.15) is 6.92 Å². The fourth-order valence-corrected chi connectivity index (χ4v) is 2.12. The van der Waals surface area contributed by atoms with Gasteiger partial charge in [0.25, 0.3) is 0 Å². The molecule has 1 saturated heterocycles. The van der Waals surface area contributed by atoms with E-state index >= 15 is 0 Å². The molecule has 0 saturated carbocycles. The summed E-state index contributed by atoms with van der Waals surface area (Å²) in [5.41, 5.74) is 0. The molecule has 0 atom stereocenters. The first-order chi connectivity index (χ1) is 9.72. The van der Waals surface area contributed by atoms with Gasteiger partial charge in [0.2, 0.25) is 11.8 Å². The van der Waals surface area contributed by atoms with Crippen molar-refractivity contribution in [2.75, 3.05) is 51.3 Å². The number of nitrogens with zero attached hydrogens (tertiary/aromatic N) is 4. The summed E-state index contributed by atoms with van der Waals surface area (Å²) < 4.78 is 5.28. The largest absolute Gasteiger partial charge is 0.477 e. The van der Waals surface area contributed by atoms with Gasteiger partial charge in [-0.1, -0.05) is 0 Å². The molecule has 1 aliphatic heterocycles. The van der Waals surface area contributed by atoms with Crippen LogP contribution in [0.5, 0.6) is 5.88 Å². The third-order valence-electron chi connectivity index (χ3n) is 3.26. The average Bonchev–Trinajstić information content (AvgIpc) is 2.49. The van der Waals surface area contributed by atoms with E-state index in [9.17, 15) is 4.79 Å². The molecule has 2 heterocycles. The molecule has 0 spiro atoms. The number of piperazine rings is 1. The first-order valence-corrected chi connectivity index (χ1v) is 6.87. The highest BCUT2D eigenvalue weighted by Crippen LogP contribution is 2.15. The van der Waals surface area contributed by atoms with Crippen LogP contribution in [0, 0.1) is 0 Å². The molecule has 110 valence electrons. The van der Waals surface area contributed by atoms with E-state index in [1.807, 2.05) is 19.1 Å². The van der Waals surface area contributed by atoms with Crippen LogP contribution >= 0.6 is 0 Å². The molecule has 1 aromatic heterocycles. The van der Waals surface area contributed by atoms with E-state index in [1.54, 1.807) is 7.05 Å². The van der Waals surface area contributed by atoms with Crippen LogP contribution < -0.4 is 15.0 Å². The first kappa shape index (κ1) is 14.5. The summed E-state index contributed by atoms with van der Waals surface area (Å²) in [5.74, 6) is 1.46. The number of hydrogen-bond acceptors (Lipinski definition) is 6. The van der Waals surface area contributed by atoms with E-state index in [-0.39, 0.29) is 5.91 Å². The Labute approximate surface area is 118 Å². The number of hydrogen-bond donors (Lipinski definition) is 1. The van der Waals surface area contributed by atoms with Crippen LogP contribution in [0.3, 0.4) is 0 Å². The second kappa shape index (κ2) is 7.04. The summed E-state index contributed by atoms with van der Waals surface area (Å²) in [6.07, 6.45) is 0. The van der Waals surface area contributed by atoms with Crippen molar-refractivity contribution in [3.8, 4) is 5.88 Å². The van der Waals surface area contributed by atoms with Crippen molar-refractivity contribution in [1.82, 2.24) is 20.4 Å². The number of nitrogens with one attached hydrogen (secondary N) is 1. The molecule has 1 fully saturated rings. The molecular weight excluding hydrogens is 258 g/mol. The number of carbonyl (C=O) groups is 1. The van der Waals surface area contributed by atoms with Crippen molar-refractivity contribution in [3.05, 3.63) is 12.1 Å². The zero-order valence-corrected chi connectivity index (χ0v) is 12.0. The van der Waals surface area contributed by atoms with E-state index in [1.165, 1.54) is 0 Å². The van der Waals surface area contributed by atoms with Crippen molar-refractivity contribution in [2.45, 2.75) is 6.92 Å². The van der Waals surface area contributed by atoms with Gasteiger partial charge in [-0.05, 0) is 13.0 Å². The first-order valence-electron chi connectivity index (χ1n) is 6.87. The fourth-order valence-electron chi connectivity index (χ4n) is 2.12. The summed E-state index contributed by atoms with van der Waals surface area (Å²) in [5, 5.41) is 10.9. The van der Waals surface area contributed by atoms with E-state index in [2.05, 4.69) is 25.3 Å². The van der Waals surface area contributed by atoms with Gasteiger partial charge >= 0.3 is 0 Å². The van der Waals surface area contributed by atoms with E-state index in [4.69, 9.17) is 4.74 Å². The standard InChI is InChI=1S/C13H21N5O2/c1-3-20-13-5-4-11(15-16-13)18-8-6-17(7-9-18)10-12(19)14-2/h4-5H,3,6-10H2,1-2H3,(H,14,19). The highest BCUT2D eigenvalue weighted by atomic mass is 16.5. The van der Waals surface area contributed by atoms with Gasteiger partial charge < -0.3 is 15.0 Å². The molecular formula is C13H21N5O2. The third kappa shape index (κ3) is 3.80. The second-order valence-corrected chi connectivity index (χ2v) is 4.60. The lowest BCUT2D eigenvalue weighted by Gasteiger charge is -2.34. The molecule has 0 aromatic carbocycles. The highest BCUT2D eigenvalue weighted by molar-refractivity contribution is 5.77. The van der Waals surface area contributed by atoms with Gasteiger partial charge in [-0.2, -0.15) is 0 Å². The molecule has 0 aliphatic carbocycles. The van der Waals surface area contributed by atoms with Crippen LogP contribution in [0.4, 0.5) is 5.82 Å². The van der Waals surface area contributed by atoms with Crippen LogP contribution in [-0.4, -0.2) is 67.4 Å². The number of amides is 1. The molecule has 0 radical (unpaired) electrons. The molecule has 7 nitrogen and oxygen atoms in total. The van der Waals surface area contributed by atoms with Gasteiger partial charge in [-0.3, -0.25) is 9.69 Å². The molecule has 1 aromatic rings. The van der Waals surface area contributed by atoms with Crippen molar-refractivity contribution in [1.29, 1.82) is 0 Å². The minimum absolute atomic E-state index is 0.0549. The number of ether oxygens (including phenoxy) is 1. The summed E-state index contributed by atoms with van der Waals surface area (Å²) >= 11 is 0. The molecule has 1 N–H and O–H groups in total. The van der Waals surface area contributed by atoms with Crippen molar-refractivity contribution in [2.24, 2.45) is 0 Å². The van der Waals surface area contributed by atoms with E-state index < -0.39 is 0 Å². The average molecular weight is 279 g/mol. The van der Waals surface area contributed by atoms with Crippen LogP contribution in [0.15, 0.2) is 12.1 Å². The topological polar surface area (TPSA) is 70.6 Å². The number of rotatable bonds is 5. The Kier molecular flexibility index (Phi) is 5.11.